The predicted molar refractivity (Wildman–Crippen MR) is 79.4 cm³/mol. The van der Waals surface area contributed by atoms with E-state index < -0.39 is 6.61 Å². The Labute approximate surface area is 122 Å². The molecule has 0 unspecified atom stereocenters. The predicted octanol–water partition coefficient (Wildman–Crippen LogP) is 4.25. The summed E-state index contributed by atoms with van der Waals surface area (Å²) >= 11 is 0. The number of nitrogens with one attached hydrogen (secondary N) is 2. The molecule has 4 nitrogen and oxygen atoms in total. The second-order valence-electron chi connectivity index (χ2n) is 4.39. The van der Waals surface area contributed by atoms with Gasteiger partial charge < -0.3 is 15.4 Å². The molecule has 0 amide bonds. The van der Waals surface area contributed by atoms with Crippen molar-refractivity contribution in [3.8, 4) is 5.75 Å². The number of halogens is 2. The number of rotatable bonds is 7. The van der Waals surface area contributed by atoms with E-state index in [9.17, 15) is 8.78 Å². The number of nitrogens with zero attached hydrogens (tertiary/aromatic N) is 1. The average Bonchev–Trinajstić information content (AvgIpc) is 2.47. The highest BCUT2D eigenvalue weighted by Gasteiger charge is 2.09. The Hall–Kier alpha value is -2.37. The molecule has 6 heteroatoms. The molecule has 21 heavy (non-hydrogen) atoms. The lowest BCUT2D eigenvalue weighted by Crippen LogP contribution is -2.05. The molecule has 0 bridgehead atoms. The first-order valence-corrected chi connectivity index (χ1v) is 6.69. The molecular formula is C15H17F2N3O. The smallest absolute Gasteiger partial charge is 0.387 e. The molecule has 0 saturated carbocycles. The van der Waals surface area contributed by atoms with Gasteiger partial charge in [0, 0.05) is 6.54 Å². The fraction of sp³-hybridized carbons (Fsp3) is 0.267. The summed E-state index contributed by atoms with van der Waals surface area (Å²) in [5.74, 6) is 0.0967. The van der Waals surface area contributed by atoms with Crippen LogP contribution in [0.4, 0.5) is 25.8 Å². The van der Waals surface area contributed by atoms with Crippen molar-refractivity contribution in [1.82, 2.24) is 4.98 Å². The van der Waals surface area contributed by atoms with Crippen LogP contribution in [0.5, 0.6) is 5.75 Å². The van der Waals surface area contributed by atoms with Crippen molar-refractivity contribution in [3.63, 3.8) is 0 Å². The van der Waals surface area contributed by atoms with Gasteiger partial charge in [-0.3, -0.25) is 4.98 Å². The van der Waals surface area contributed by atoms with E-state index >= 15 is 0 Å². The molecule has 2 rings (SSSR count). The number of pyridine rings is 1. The monoisotopic (exact) mass is 293 g/mol. The summed E-state index contributed by atoms with van der Waals surface area (Å²) < 4.78 is 29.2. The van der Waals surface area contributed by atoms with Crippen LogP contribution in [0.15, 0.2) is 42.7 Å². The highest BCUT2D eigenvalue weighted by atomic mass is 19.3. The van der Waals surface area contributed by atoms with E-state index in [4.69, 9.17) is 0 Å². The van der Waals surface area contributed by atoms with Crippen molar-refractivity contribution in [2.45, 2.75) is 20.0 Å². The molecule has 1 aromatic heterocycles. The number of ether oxygens (including phenoxy) is 1. The van der Waals surface area contributed by atoms with E-state index in [1.54, 1.807) is 30.6 Å². The highest BCUT2D eigenvalue weighted by Crippen LogP contribution is 2.29. The molecule has 0 fully saturated rings. The van der Waals surface area contributed by atoms with Crippen LogP contribution in [0.3, 0.4) is 0 Å². The van der Waals surface area contributed by atoms with Crippen LogP contribution in [-0.4, -0.2) is 18.1 Å². The first kappa shape index (κ1) is 15.0. The van der Waals surface area contributed by atoms with E-state index in [0.717, 1.165) is 18.7 Å². The van der Waals surface area contributed by atoms with Gasteiger partial charge in [0.1, 0.15) is 5.75 Å². The summed E-state index contributed by atoms with van der Waals surface area (Å²) in [4.78, 5) is 4.11. The lowest BCUT2D eigenvalue weighted by atomic mass is 10.2. The number of hydrogen-bond donors (Lipinski definition) is 2. The fourth-order valence-electron chi connectivity index (χ4n) is 1.80. The Bertz CT molecular complexity index is 578. The van der Waals surface area contributed by atoms with E-state index in [-0.39, 0.29) is 5.75 Å². The molecule has 0 aliphatic rings. The third-order valence-corrected chi connectivity index (χ3v) is 2.70. The maximum absolute atomic E-state index is 12.4. The summed E-state index contributed by atoms with van der Waals surface area (Å²) in [5, 5.41) is 6.25. The minimum atomic E-state index is -2.86. The van der Waals surface area contributed by atoms with Crippen LogP contribution in [-0.2, 0) is 0 Å². The molecule has 0 aliphatic carbocycles. The van der Waals surface area contributed by atoms with Crippen LogP contribution in [0, 0.1) is 0 Å². The standard InChI is InChI=1S/C15H17F2N3O/c1-2-7-19-11-8-12(10-18-9-11)20-13-5-3-4-6-14(13)21-15(16)17/h3-6,8-10,15,19-20H,2,7H2,1H3. The van der Waals surface area contributed by atoms with Gasteiger partial charge in [0.2, 0.25) is 0 Å². The lowest BCUT2D eigenvalue weighted by molar-refractivity contribution is -0.0493. The van der Waals surface area contributed by atoms with Gasteiger partial charge in [-0.25, -0.2) is 0 Å². The molecule has 0 atom stereocenters. The summed E-state index contributed by atoms with van der Waals surface area (Å²) in [7, 11) is 0. The molecule has 0 aliphatic heterocycles. The maximum atomic E-state index is 12.4. The fourth-order valence-corrected chi connectivity index (χ4v) is 1.80. The first-order chi connectivity index (χ1) is 10.2. The van der Waals surface area contributed by atoms with Crippen molar-refractivity contribution in [3.05, 3.63) is 42.7 Å². The van der Waals surface area contributed by atoms with Crippen molar-refractivity contribution in [1.29, 1.82) is 0 Å². The number of hydrogen-bond acceptors (Lipinski definition) is 4. The third kappa shape index (κ3) is 4.59. The molecule has 0 spiro atoms. The minimum absolute atomic E-state index is 0.0967. The Morgan fingerprint density at radius 3 is 2.71 bits per heavy atom. The zero-order valence-electron chi connectivity index (χ0n) is 11.6. The van der Waals surface area contributed by atoms with Gasteiger partial charge in [-0.15, -0.1) is 0 Å². The van der Waals surface area contributed by atoms with Gasteiger partial charge in [0.05, 0.1) is 29.5 Å². The van der Waals surface area contributed by atoms with Crippen molar-refractivity contribution >= 4 is 17.1 Å². The van der Waals surface area contributed by atoms with Crippen molar-refractivity contribution in [2.75, 3.05) is 17.2 Å². The summed E-state index contributed by atoms with van der Waals surface area (Å²) in [6.45, 7) is 0.0556. The summed E-state index contributed by atoms with van der Waals surface area (Å²) in [6, 6.07) is 8.40. The number of alkyl halides is 2. The summed E-state index contributed by atoms with van der Waals surface area (Å²) in [6.07, 6.45) is 4.33. The Morgan fingerprint density at radius 2 is 1.95 bits per heavy atom. The average molecular weight is 293 g/mol. The van der Waals surface area contributed by atoms with Crippen LogP contribution in [0.1, 0.15) is 13.3 Å². The molecule has 112 valence electrons. The van der Waals surface area contributed by atoms with E-state index in [1.807, 2.05) is 6.07 Å². The molecule has 2 N–H and O–H groups in total. The number of benzene rings is 1. The topological polar surface area (TPSA) is 46.2 Å². The Morgan fingerprint density at radius 1 is 1.19 bits per heavy atom. The van der Waals surface area contributed by atoms with Gasteiger partial charge in [-0.05, 0) is 24.6 Å². The molecule has 1 aromatic carbocycles. The maximum Gasteiger partial charge on any atom is 0.387 e. The first-order valence-electron chi connectivity index (χ1n) is 6.69. The second kappa shape index (κ2) is 7.42. The normalized spacial score (nSPS) is 10.5. The SMILES string of the molecule is CCCNc1cncc(Nc2ccccc2OC(F)F)c1. The van der Waals surface area contributed by atoms with Crippen LogP contribution in [0.25, 0.3) is 0 Å². The van der Waals surface area contributed by atoms with Crippen molar-refractivity contribution in [2.24, 2.45) is 0 Å². The number of para-hydroxylation sites is 2. The van der Waals surface area contributed by atoms with Gasteiger partial charge in [0.25, 0.3) is 0 Å². The van der Waals surface area contributed by atoms with E-state index in [2.05, 4.69) is 27.3 Å². The molecular weight excluding hydrogens is 276 g/mol. The van der Waals surface area contributed by atoms with Gasteiger partial charge >= 0.3 is 6.61 Å². The number of aromatic nitrogens is 1. The van der Waals surface area contributed by atoms with Gasteiger partial charge in [0.15, 0.2) is 0 Å². The van der Waals surface area contributed by atoms with Crippen LogP contribution in [0.2, 0.25) is 0 Å². The molecule has 2 aromatic rings. The van der Waals surface area contributed by atoms with E-state index in [1.165, 1.54) is 6.07 Å². The summed E-state index contributed by atoms with van der Waals surface area (Å²) in [5.41, 5.74) is 2.03. The van der Waals surface area contributed by atoms with Crippen LogP contribution >= 0.6 is 0 Å². The van der Waals surface area contributed by atoms with Crippen molar-refractivity contribution < 1.29 is 13.5 Å². The minimum Gasteiger partial charge on any atom is -0.433 e. The Kier molecular flexibility index (Phi) is 5.31. The zero-order chi connectivity index (χ0) is 15.1. The largest absolute Gasteiger partial charge is 0.433 e. The lowest BCUT2D eigenvalue weighted by Gasteiger charge is -2.13. The second-order valence-corrected chi connectivity index (χ2v) is 4.39. The third-order valence-electron chi connectivity index (χ3n) is 2.70. The van der Waals surface area contributed by atoms with Gasteiger partial charge in [-0.1, -0.05) is 19.1 Å². The number of anilines is 3. The molecule has 1 heterocycles. The Balaban J connectivity index is 2.14. The molecule has 0 saturated heterocycles. The zero-order valence-corrected chi connectivity index (χ0v) is 11.6. The van der Waals surface area contributed by atoms with E-state index in [0.29, 0.717) is 11.4 Å². The van der Waals surface area contributed by atoms with Crippen LogP contribution < -0.4 is 15.4 Å². The molecule has 0 radical (unpaired) electrons. The highest BCUT2D eigenvalue weighted by molar-refractivity contribution is 5.67. The van der Waals surface area contributed by atoms with Gasteiger partial charge in [-0.2, -0.15) is 8.78 Å². The quantitative estimate of drug-likeness (QED) is 0.801.